The Morgan fingerprint density at radius 2 is 2.04 bits per heavy atom. The van der Waals surface area contributed by atoms with Crippen LogP contribution in [-0.2, 0) is 4.79 Å². The van der Waals surface area contributed by atoms with Gasteiger partial charge in [-0.3, -0.25) is 9.20 Å². The molecule has 3 aromatic heterocycles. The third-order valence-corrected chi connectivity index (χ3v) is 3.84. The number of aromatic nitrogens is 3. The zero-order chi connectivity index (χ0) is 17.9. The number of carbonyl (C=O) groups excluding carboxylic acids is 1. The molecule has 0 aliphatic carbocycles. The first-order valence-corrected chi connectivity index (χ1v) is 8.13. The molecule has 1 aromatic carbocycles. The lowest BCUT2D eigenvalue weighted by molar-refractivity contribution is -0.111. The SMILES string of the molecule is Cc1ccc(/C=C/C(=O)Nc2ccc(-c3cn4cccnc4n3)cc2)o1. The largest absolute Gasteiger partial charge is 0.462 e. The van der Waals surface area contributed by atoms with Gasteiger partial charge < -0.3 is 9.73 Å². The van der Waals surface area contributed by atoms with Crippen molar-refractivity contribution in [2.24, 2.45) is 0 Å². The fourth-order valence-electron chi connectivity index (χ4n) is 2.58. The van der Waals surface area contributed by atoms with Gasteiger partial charge in [-0.15, -0.1) is 0 Å². The van der Waals surface area contributed by atoms with Crippen LogP contribution in [0.4, 0.5) is 5.69 Å². The molecule has 128 valence electrons. The highest BCUT2D eigenvalue weighted by Gasteiger charge is 2.05. The van der Waals surface area contributed by atoms with E-state index in [2.05, 4.69) is 15.3 Å². The van der Waals surface area contributed by atoms with Crippen molar-refractivity contribution in [3.8, 4) is 11.3 Å². The molecule has 0 spiro atoms. The average Bonchev–Trinajstić information content (AvgIpc) is 3.26. The molecule has 0 aliphatic heterocycles. The average molecular weight is 344 g/mol. The Hall–Kier alpha value is -3.67. The second-order valence-corrected chi connectivity index (χ2v) is 5.80. The number of anilines is 1. The van der Waals surface area contributed by atoms with E-state index in [1.54, 1.807) is 12.3 Å². The Kier molecular flexibility index (Phi) is 4.07. The first kappa shape index (κ1) is 15.8. The van der Waals surface area contributed by atoms with E-state index < -0.39 is 0 Å². The van der Waals surface area contributed by atoms with Gasteiger partial charge in [-0.25, -0.2) is 9.97 Å². The van der Waals surface area contributed by atoms with Crippen LogP contribution in [0, 0.1) is 6.92 Å². The van der Waals surface area contributed by atoms with Crippen molar-refractivity contribution in [1.29, 1.82) is 0 Å². The number of furan rings is 1. The Morgan fingerprint density at radius 3 is 2.77 bits per heavy atom. The number of imidazole rings is 1. The summed E-state index contributed by atoms with van der Waals surface area (Å²) in [6.07, 6.45) is 8.62. The van der Waals surface area contributed by atoms with Crippen LogP contribution < -0.4 is 5.32 Å². The van der Waals surface area contributed by atoms with Gasteiger partial charge in [0, 0.05) is 35.9 Å². The maximum atomic E-state index is 12.0. The highest BCUT2D eigenvalue weighted by molar-refractivity contribution is 6.01. The van der Waals surface area contributed by atoms with Gasteiger partial charge in [0.15, 0.2) is 0 Å². The zero-order valence-electron chi connectivity index (χ0n) is 14.1. The summed E-state index contributed by atoms with van der Waals surface area (Å²) < 4.78 is 7.26. The maximum absolute atomic E-state index is 12.0. The summed E-state index contributed by atoms with van der Waals surface area (Å²) in [6.45, 7) is 1.86. The minimum Gasteiger partial charge on any atom is -0.462 e. The second-order valence-electron chi connectivity index (χ2n) is 5.80. The first-order chi connectivity index (χ1) is 12.7. The Labute approximate surface area is 149 Å². The molecule has 0 radical (unpaired) electrons. The van der Waals surface area contributed by atoms with Gasteiger partial charge in [0.1, 0.15) is 11.5 Å². The van der Waals surface area contributed by atoms with Crippen molar-refractivity contribution < 1.29 is 9.21 Å². The highest BCUT2D eigenvalue weighted by Crippen LogP contribution is 2.20. The molecular formula is C20H16N4O2. The molecule has 0 saturated carbocycles. The van der Waals surface area contributed by atoms with Crippen LogP contribution in [0.5, 0.6) is 0 Å². The number of hydrogen-bond donors (Lipinski definition) is 1. The minimum atomic E-state index is -0.219. The van der Waals surface area contributed by atoms with Crippen molar-refractivity contribution in [3.05, 3.63) is 78.7 Å². The third-order valence-electron chi connectivity index (χ3n) is 3.84. The van der Waals surface area contributed by atoms with Gasteiger partial charge in [-0.05, 0) is 43.3 Å². The second kappa shape index (κ2) is 6.68. The van der Waals surface area contributed by atoms with E-state index in [0.717, 1.165) is 17.0 Å². The van der Waals surface area contributed by atoms with Crippen LogP contribution in [0.3, 0.4) is 0 Å². The fourth-order valence-corrected chi connectivity index (χ4v) is 2.58. The van der Waals surface area contributed by atoms with Crippen molar-refractivity contribution in [2.75, 3.05) is 5.32 Å². The Morgan fingerprint density at radius 1 is 1.19 bits per heavy atom. The molecule has 6 nitrogen and oxygen atoms in total. The standard InChI is InChI=1S/C20H16N4O2/c1-14-3-8-17(26-14)9-10-19(25)22-16-6-4-15(5-7-16)18-13-24-12-2-11-21-20(24)23-18/h2-13H,1H3,(H,22,25)/b10-9+. The van der Waals surface area contributed by atoms with Gasteiger partial charge in [0.25, 0.3) is 0 Å². The first-order valence-electron chi connectivity index (χ1n) is 8.13. The van der Waals surface area contributed by atoms with Gasteiger partial charge in [0.2, 0.25) is 11.7 Å². The lowest BCUT2D eigenvalue weighted by atomic mass is 10.1. The van der Waals surface area contributed by atoms with Gasteiger partial charge in [-0.1, -0.05) is 12.1 Å². The molecule has 0 fully saturated rings. The van der Waals surface area contributed by atoms with Crippen LogP contribution in [0.1, 0.15) is 11.5 Å². The molecule has 4 aromatic rings. The Bertz CT molecular complexity index is 1060. The number of fused-ring (bicyclic) bond motifs is 1. The summed E-state index contributed by atoms with van der Waals surface area (Å²) in [7, 11) is 0. The molecule has 1 N–H and O–H groups in total. The van der Waals surface area contributed by atoms with Gasteiger partial charge in [-0.2, -0.15) is 0 Å². The van der Waals surface area contributed by atoms with E-state index in [-0.39, 0.29) is 5.91 Å². The lowest BCUT2D eigenvalue weighted by Crippen LogP contribution is -2.07. The zero-order valence-corrected chi connectivity index (χ0v) is 14.1. The number of rotatable bonds is 4. The van der Waals surface area contributed by atoms with Crippen LogP contribution in [0.25, 0.3) is 23.1 Å². The maximum Gasteiger partial charge on any atom is 0.248 e. The van der Waals surface area contributed by atoms with Gasteiger partial charge >= 0.3 is 0 Å². The van der Waals surface area contributed by atoms with E-state index in [1.165, 1.54) is 6.08 Å². The molecular weight excluding hydrogens is 328 g/mol. The van der Waals surface area contributed by atoms with Crippen LogP contribution in [0.2, 0.25) is 0 Å². The van der Waals surface area contributed by atoms with E-state index in [0.29, 0.717) is 17.2 Å². The number of carbonyl (C=O) groups is 1. The van der Waals surface area contributed by atoms with E-state index in [1.807, 2.05) is 66.2 Å². The highest BCUT2D eigenvalue weighted by atomic mass is 16.3. The molecule has 6 heteroatoms. The summed E-state index contributed by atoms with van der Waals surface area (Å²) in [5, 5.41) is 2.82. The van der Waals surface area contributed by atoms with Crippen molar-refractivity contribution >= 4 is 23.4 Å². The lowest BCUT2D eigenvalue weighted by Gasteiger charge is -2.03. The predicted octanol–water partition coefficient (Wildman–Crippen LogP) is 3.95. The summed E-state index contributed by atoms with van der Waals surface area (Å²) in [6, 6.07) is 13.0. The number of benzene rings is 1. The van der Waals surface area contributed by atoms with Gasteiger partial charge in [0.05, 0.1) is 5.69 Å². The van der Waals surface area contributed by atoms with Crippen molar-refractivity contribution in [2.45, 2.75) is 6.92 Å². The van der Waals surface area contributed by atoms with Crippen molar-refractivity contribution in [1.82, 2.24) is 14.4 Å². The van der Waals surface area contributed by atoms with E-state index in [9.17, 15) is 4.79 Å². The van der Waals surface area contributed by atoms with Crippen LogP contribution in [-0.4, -0.2) is 20.3 Å². The summed E-state index contributed by atoms with van der Waals surface area (Å²) in [4.78, 5) is 20.7. The number of amides is 1. The molecule has 1 amide bonds. The molecule has 0 unspecified atom stereocenters. The normalized spacial score (nSPS) is 11.3. The number of nitrogens with one attached hydrogen (secondary N) is 1. The van der Waals surface area contributed by atoms with Crippen LogP contribution in [0.15, 0.2) is 71.5 Å². The number of nitrogens with zero attached hydrogens (tertiary/aromatic N) is 3. The molecule has 4 rings (SSSR count). The number of aryl methyl sites for hydroxylation is 1. The molecule has 3 heterocycles. The molecule has 0 aliphatic rings. The predicted molar refractivity (Wildman–Crippen MR) is 99.5 cm³/mol. The van der Waals surface area contributed by atoms with E-state index >= 15 is 0 Å². The number of hydrogen-bond acceptors (Lipinski definition) is 4. The molecule has 26 heavy (non-hydrogen) atoms. The van der Waals surface area contributed by atoms with Crippen molar-refractivity contribution in [3.63, 3.8) is 0 Å². The molecule has 0 atom stereocenters. The summed E-state index contributed by atoms with van der Waals surface area (Å²) in [5.74, 6) is 1.89. The van der Waals surface area contributed by atoms with E-state index in [4.69, 9.17) is 4.42 Å². The molecule has 0 saturated heterocycles. The topological polar surface area (TPSA) is 72.4 Å². The third kappa shape index (κ3) is 3.39. The summed E-state index contributed by atoms with van der Waals surface area (Å²) >= 11 is 0. The Balaban J connectivity index is 1.45. The smallest absolute Gasteiger partial charge is 0.248 e. The minimum absolute atomic E-state index is 0.219. The monoisotopic (exact) mass is 344 g/mol. The molecule has 0 bridgehead atoms. The quantitative estimate of drug-likeness (QED) is 0.569. The van der Waals surface area contributed by atoms with Crippen LogP contribution >= 0.6 is 0 Å². The summed E-state index contributed by atoms with van der Waals surface area (Å²) in [5.41, 5.74) is 2.49. The fraction of sp³-hybridized carbons (Fsp3) is 0.0500.